The summed E-state index contributed by atoms with van der Waals surface area (Å²) in [7, 11) is -1.07. The first kappa shape index (κ1) is 11.1. The molecule has 2 aromatic rings. The number of nitrogens with zero attached hydrogens (tertiary/aromatic N) is 1. The van der Waals surface area contributed by atoms with Gasteiger partial charge in [0.15, 0.2) is 0 Å². The van der Waals surface area contributed by atoms with Gasteiger partial charge in [0.2, 0.25) is 0 Å². The van der Waals surface area contributed by atoms with E-state index in [0.717, 1.165) is 10.3 Å². The lowest BCUT2D eigenvalue weighted by Crippen LogP contribution is -2.18. The Labute approximate surface area is 96.2 Å². The van der Waals surface area contributed by atoms with Crippen LogP contribution < -0.4 is 5.56 Å². The van der Waals surface area contributed by atoms with Crippen LogP contribution in [0.15, 0.2) is 40.2 Å². The molecule has 1 atom stereocenters. The van der Waals surface area contributed by atoms with Crippen LogP contribution in [0.5, 0.6) is 0 Å². The predicted molar refractivity (Wildman–Crippen MR) is 66.2 cm³/mol. The first-order valence-corrected chi connectivity index (χ1v) is 6.66. The zero-order chi connectivity index (χ0) is 11.7. The fourth-order valence-electron chi connectivity index (χ4n) is 1.79. The Morgan fingerprint density at radius 2 is 2.00 bits per heavy atom. The summed E-state index contributed by atoms with van der Waals surface area (Å²) in [6.07, 6.45) is 3.38. The Morgan fingerprint density at radius 3 is 2.62 bits per heavy atom. The van der Waals surface area contributed by atoms with Gasteiger partial charge in [-0.15, -0.1) is 0 Å². The van der Waals surface area contributed by atoms with Gasteiger partial charge >= 0.3 is 0 Å². The number of hydrogen-bond acceptors (Lipinski definition) is 2. The average Bonchev–Trinajstić information content (AvgIpc) is 2.29. The topological polar surface area (TPSA) is 39.1 Å². The molecule has 0 aliphatic rings. The van der Waals surface area contributed by atoms with E-state index in [0.29, 0.717) is 11.9 Å². The van der Waals surface area contributed by atoms with Crippen LogP contribution in [0.2, 0.25) is 0 Å². The second-order valence-corrected chi connectivity index (χ2v) is 4.93. The second-order valence-electron chi connectivity index (χ2n) is 3.58. The highest BCUT2D eigenvalue weighted by Gasteiger charge is 2.07. The molecule has 2 rings (SSSR count). The second kappa shape index (κ2) is 4.22. The van der Waals surface area contributed by atoms with Crippen molar-refractivity contribution in [3.8, 4) is 0 Å². The van der Waals surface area contributed by atoms with Gasteiger partial charge in [-0.05, 0) is 25.1 Å². The quantitative estimate of drug-likeness (QED) is 0.795. The minimum atomic E-state index is -1.07. The van der Waals surface area contributed by atoms with E-state index in [2.05, 4.69) is 0 Å². The molecule has 3 nitrogen and oxygen atoms in total. The molecule has 84 valence electrons. The number of aromatic nitrogens is 1. The van der Waals surface area contributed by atoms with Crippen molar-refractivity contribution in [1.82, 2.24) is 4.57 Å². The van der Waals surface area contributed by atoms with E-state index in [1.807, 2.05) is 13.0 Å². The Kier molecular flexibility index (Phi) is 2.92. The number of hydrogen-bond donors (Lipinski definition) is 0. The van der Waals surface area contributed by atoms with Crippen LogP contribution in [0, 0.1) is 0 Å². The van der Waals surface area contributed by atoms with Crippen LogP contribution in [-0.4, -0.2) is 15.0 Å². The number of fused-ring (bicyclic) bond motifs is 1. The molecule has 1 aromatic carbocycles. The van der Waals surface area contributed by atoms with Gasteiger partial charge in [0.25, 0.3) is 5.56 Å². The van der Waals surface area contributed by atoms with Gasteiger partial charge in [0.1, 0.15) is 0 Å². The lowest BCUT2D eigenvalue weighted by Gasteiger charge is -2.06. The molecule has 0 amide bonds. The van der Waals surface area contributed by atoms with Crippen LogP contribution in [0.1, 0.15) is 6.92 Å². The molecule has 0 aliphatic carbocycles. The molecule has 0 fully saturated rings. The summed E-state index contributed by atoms with van der Waals surface area (Å²) in [6.45, 7) is 2.57. The lowest BCUT2D eigenvalue weighted by atomic mass is 10.2. The Bertz CT molecular complexity index is 616. The third kappa shape index (κ3) is 1.69. The Hall–Kier alpha value is -1.42. The SMILES string of the molecule is CCn1ccc2c(S(C)=O)cccc2c1=O. The predicted octanol–water partition coefficient (Wildman–Crippen LogP) is 1.76. The maximum atomic E-state index is 12.0. The molecule has 0 radical (unpaired) electrons. The molecule has 0 saturated heterocycles. The van der Waals surface area contributed by atoms with E-state index < -0.39 is 10.8 Å². The molecule has 1 aromatic heterocycles. The van der Waals surface area contributed by atoms with Crippen LogP contribution >= 0.6 is 0 Å². The van der Waals surface area contributed by atoms with Gasteiger partial charge in [-0.3, -0.25) is 9.00 Å². The van der Waals surface area contributed by atoms with Crippen molar-refractivity contribution in [3.63, 3.8) is 0 Å². The molecular formula is C12H13NO2S. The third-order valence-corrected chi connectivity index (χ3v) is 3.60. The van der Waals surface area contributed by atoms with E-state index in [4.69, 9.17) is 0 Å². The van der Waals surface area contributed by atoms with Crippen molar-refractivity contribution < 1.29 is 4.21 Å². The van der Waals surface area contributed by atoms with Gasteiger partial charge < -0.3 is 4.57 Å². The minimum Gasteiger partial charge on any atom is -0.315 e. The van der Waals surface area contributed by atoms with Crippen molar-refractivity contribution in [2.45, 2.75) is 18.4 Å². The van der Waals surface area contributed by atoms with Gasteiger partial charge in [-0.1, -0.05) is 6.07 Å². The van der Waals surface area contributed by atoms with Crippen molar-refractivity contribution in [2.24, 2.45) is 0 Å². The molecule has 0 N–H and O–H groups in total. The highest BCUT2D eigenvalue weighted by Crippen LogP contribution is 2.18. The molecule has 4 heteroatoms. The lowest BCUT2D eigenvalue weighted by molar-refractivity contribution is 0.687. The van der Waals surface area contributed by atoms with Gasteiger partial charge in [0, 0.05) is 34.7 Å². The molecular weight excluding hydrogens is 222 g/mol. The van der Waals surface area contributed by atoms with Crippen molar-refractivity contribution in [1.29, 1.82) is 0 Å². The maximum absolute atomic E-state index is 12.0. The molecule has 1 unspecified atom stereocenters. The third-order valence-electron chi connectivity index (χ3n) is 2.63. The smallest absolute Gasteiger partial charge is 0.258 e. The fraction of sp³-hybridized carbons (Fsp3) is 0.250. The number of rotatable bonds is 2. The highest BCUT2D eigenvalue weighted by molar-refractivity contribution is 7.84. The Morgan fingerprint density at radius 1 is 1.25 bits per heavy atom. The van der Waals surface area contributed by atoms with E-state index in [-0.39, 0.29) is 5.56 Å². The fourth-order valence-corrected chi connectivity index (χ4v) is 2.55. The van der Waals surface area contributed by atoms with E-state index in [9.17, 15) is 9.00 Å². The summed E-state index contributed by atoms with van der Waals surface area (Å²) in [6, 6.07) is 7.21. The van der Waals surface area contributed by atoms with Crippen molar-refractivity contribution in [3.05, 3.63) is 40.8 Å². The number of pyridine rings is 1. The summed E-state index contributed by atoms with van der Waals surface area (Å²) in [5.41, 5.74) is -0.0210. The summed E-state index contributed by atoms with van der Waals surface area (Å²) in [4.78, 5) is 12.7. The van der Waals surface area contributed by atoms with Gasteiger partial charge in [-0.25, -0.2) is 0 Å². The monoisotopic (exact) mass is 235 g/mol. The minimum absolute atomic E-state index is 0.0210. The zero-order valence-corrected chi connectivity index (χ0v) is 10.1. The largest absolute Gasteiger partial charge is 0.315 e. The van der Waals surface area contributed by atoms with E-state index in [1.165, 1.54) is 0 Å². The first-order chi connectivity index (χ1) is 7.65. The van der Waals surface area contributed by atoms with Crippen LogP contribution in [-0.2, 0) is 17.3 Å². The normalized spacial score (nSPS) is 12.9. The van der Waals surface area contributed by atoms with Crippen LogP contribution in [0.3, 0.4) is 0 Å². The van der Waals surface area contributed by atoms with E-state index >= 15 is 0 Å². The molecule has 0 aliphatic heterocycles. The van der Waals surface area contributed by atoms with Crippen molar-refractivity contribution in [2.75, 3.05) is 6.26 Å². The number of benzene rings is 1. The summed E-state index contributed by atoms with van der Waals surface area (Å²) < 4.78 is 13.2. The average molecular weight is 235 g/mol. The summed E-state index contributed by atoms with van der Waals surface area (Å²) >= 11 is 0. The molecule has 16 heavy (non-hydrogen) atoms. The zero-order valence-electron chi connectivity index (χ0n) is 9.27. The first-order valence-electron chi connectivity index (χ1n) is 5.10. The summed E-state index contributed by atoms with van der Waals surface area (Å²) in [5, 5.41) is 1.43. The molecule has 1 heterocycles. The Balaban J connectivity index is 2.88. The van der Waals surface area contributed by atoms with E-state index in [1.54, 1.807) is 35.2 Å². The van der Waals surface area contributed by atoms with Gasteiger partial charge in [0.05, 0.1) is 10.8 Å². The number of aryl methyl sites for hydroxylation is 1. The molecule has 0 bridgehead atoms. The van der Waals surface area contributed by atoms with Crippen LogP contribution in [0.4, 0.5) is 0 Å². The molecule has 0 spiro atoms. The van der Waals surface area contributed by atoms with Crippen LogP contribution in [0.25, 0.3) is 10.8 Å². The molecule has 0 saturated carbocycles. The standard InChI is InChI=1S/C12H13NO2S/c1-3-13-8-7-9-10(12(13)14)5-4-6-11(9)16(2)15/h4-8H,3H2,1-2H3. The highest BCUT2D eigenvalue weighted by atomic mass is 32.2. The maximum Gasteiger partial charge on any atom is 0.258 e. The van der Waals surface area contributed by atoms with Crippen molar-refractivity contribution >= 4 is 21.6 Å². The summed E-state index contributed by atoms with van der Waals surface area (Å²) in [5.74, 6) is 0. The van der Waals surface area contributed by atoms with Gasteiger partial charge in [-0.2, -0.15) is 0 Å².